The van der Waals surface area contributed by atoms with Crippen molar-refractivity contribution in [3.8, 4) is 11.8 Å². The van der Waals surface area contributed by atoms with Crippen LogP contribution in [0.5, 0.6) is 5.75 Å². The van der Waals surface area contributed by atoms with Crippen molar-refractivity contribution < 1.29 is 9.47 Å². The van der Waals surface area contributed by atoms with Crippen LogP contribution in [0, 0.1) is 11.3 Å². The van der Waals surface area contributed by atoms with Crippen molar-refractivity contribution in [2.24, 2.45) is 0 Å². The van der Waals surface area contributed by atoms with Crippen molar-refractivity contribution in [2.75, 3.05) is 25.2 Å². The number of nitriles is 1. The fourth-order valence-corrected chi connectivity index (χ4v) is 2.64. The molecule has 0 radical (unpaired) electrons. The summed E-state index contributed by atoms with van der Waals surface area (Å²) in [6.07, 6.45) is 7.46. The molecular formula is C16H17N5O2. The summed E-state index contributed by atoms with van der Waals surface area (Å²) in [5.41, 5.74) is 0.305. The van der Waals surface area contributed by atoms with E-state index in [1.807, 2.05) is 18.2 Å². The van der Waals surface area contributed by atoms with Crippen LogP contribution in [0.1, 0.15) is 12.1 Å². The van der Waals surface area contributed by atoms with Crippen LogP contribution in [-0.4, -0.2) is 47.4 Å². The standard InChI is InChI=1S/C16H17N5O2/c1-22-15-5-13(11-23-14-3-2-4-18-8-14)21(10-15)16-9-19-12(6-17)7-20-16/h2-4,7-9,13,15H,5,10-11H2,1H3/t13-,15+/m0/s1. The van der Waals surface area contributed by atoms with Crippen molar-refractivity contribution >= 4 is 5.82 Å². The molecule has 2 aromatic rings. The topological polar surface area (TPSA) is 84.2 Å². The number of pyridine rings is 1. The Morgan fingerprint density at radius 2 is 2.26 bits per heavy atom. The van der Waals surface area contributed by atoms with Gasteiger partial charge in [0.15, 0.2) is 5.69 Å². The number of nitrogens with zero attached hydrogens (tertiary/aromatic N) is 5. The van der Waals surface area contributed by atoms with Gasteiger partial charge >= 0.3 is 0 Å². The first-order valence-electron chi connectivity index (χ1n) is 7.34. The average molecular weight is 311 g/mol. The van der Waals surface area contributed by atoms with E-state index in [-0.39, 0.29) is 12.1 Å². The Balaban J connectivity index is 1.72. The summed E-state index contributed by atoms with van der Waals surface area (Å²) in [6, 6.07) is 5.82. The van der Waals surface area contributed by atoms with Gasteiger partial charge in [0.2, 0.25) is 0 Å². The van der Waals surface area contributed by atoms with Gasteiger partial charge in [-0.3, -0.25) is 4.98 Å². The van der Waals surface area contributed by atoms with E-state index in [4.69, 9.17) is 14.7 Å². The first-order chi connectivity index (χ1) is 11.3. The van der Waals surface area contributed by atoms with E-state index < -0.39 is 0 Å². The predicted molar refractivity (Wildman–Crippen MR) is 83.0 cm³/mol. The monoisotopic (exact) mass is 311 g/mol. The third kappa shape index (κ3) is 3.55. The number of aromatic nitrogens is 3. The zero-order chi connectivity index (χ0) is 16.1. The summed E-state index contributed by atoms with van der Waals surface area (Å²) in [4.78, 5) is 14.6. The molecule has 0 aromatic carbocycles. The summed E-state index contributed by atoms with van der Waals surface area (Å²) < 4.78 is 11.3. The Labute approximate surface area is 134 Å². The highest BCUT2D eigenvalue weighted by molar-refractivity contribution is 5.41. The quantitative estimate of drug-likeness (QED) is 0.825. The zero-order valence-corrected chi connectivity index (χ0v) is 12.8. The normalized spacial score (nSPS) is 20.3. The second kappa shape index (κ2) is 7.03. The fraction of sp³-hybridized carbons (Fsp3) is 0.375. The molecule has 1 saturated heterocycles. The Kier molecular flexibility index (Phi) is 4.64. The Bertz CT molecular complexity index is 671. The van der Waals surface area contributed by atoms with Crippen molar-refractivity contribution in [3.05, 3.63) is 42.6 Å². The molecule has 0 saturated carbocycles. The molecule has 0 spiro atoms. The van der Waals surface area contributed by atoms with E-state index in [1.54, 1.807) is 25.7 Å². The Morgan fingerprint density at radius 1 is 1.35 bits per heavy atom. The highest BCUT2D eigenvalue weighted by Crippen LogP contribution is 2.25. The average Bonchev–Trinajstić information content (AvgIpc) is 3.04. The van der Waals surface area contributed by atoms with Gasteiger partial charge in [-0.1, -0.05) is 0 Å². The second-order valence-corrected chi connectivity index (χ2v) is 5.27. The molecule has 23 heavy (non-hydrogen) atoms. The number of methoxy groups -OCH3 is 1. The summed E-state index contributed by atoms with van der Waals surface area (Å²) >= 11 is 0. The molecule has 1 aliphatic rings. The second-order valence-electron chi connectivity index (χ2n) is 5.27. The molecule has 1 fully saturated rings. The van der Waals surface area contributed by atoms with E-state index in [1.165, 1.54) is 6.20 Å². The molecule has 0 unspecified atom stereocenters. The molecule has 7 nitrogen and oxygen atoms in total. The highest BCUT2D eigenvalue weighted by Gasteiger charge is 2.33. The maximum absolute atomic E-state index is 8.82. The highest BCUT2D eigenvalue weighted by atomic mass is 16.5. The van der Waals surface area contributed by atoms with E-state index in [2.05, 4.69) is 19.9 Å². The van der Waals surface area contributed by atoms with Gasteiger partial charge < -0.3 is 14.4 Å². The summed E-state index contributed by atoms with van der Waals surface area (Å²) in [6.45, 7) is 1.23. The van der Waals surface area contributed by atoms with Crippen molar-refractivity contribution in [1.29, 1.82) is 5.26 Å². The summed E-state index contributed by atoms with van der Waals surface area (Å²) in [7, 11) is 1.71. The number of hydrogen-bond donors (Lipinski definition) is 0. The minimum absolute atomic E-state index is 0.120. The molecule has 0 bridgehead atoms. The molecule has 0 amide bonds. The minimum Gasteiger partial charge on any atom is -0.490 e. The van der Waals surface area contributed by atoms with Crippen molar-refractivity contribution in [1.82, 2.24) is 15.0 Å². The first kappa shape index (κ1) is 15.2. The zero-order valence-electron chi connectivity index (χ0n) is 12.8. The molecular weight excluding hydrogens is 294 g/mol. The molecule has 7 heteroatoms. The molecule has 118 valence electrons. The van der Waals surface area contributed by atoms with Crippen LogP contribution in [0.2, 0.25) is 0 Å². The SMILES string of the molecule is CO[C@@H]1C[C@@H](COc2cccnc2)N(c2cnc(C#N)cn2)C1. The van der Waals surface area contributed by atoms with Gasteiger partial charge in [0.25, 0.3) is 0 Å². The van der Waals surface area contributed by atoms with Crippen LogP contribution >= 0.6 is 0 Å². The molecule has 2 aromatic heterocycles. The lowest BCUT2D eigenvalue weighted by atomic mass is 10.2. The molecule has 3 rings (SSSR count). The van der Waals surface area contributed by atoms with Crippen LogP contribution in [0.3, 0.4) is 0 Å². The number of rotatable bonds is 5. The van der Waals surface area contributed by atoms with Crippen LogP contribution in [0.15, 0.2) is 36.9 Å². The van der Waals surface area contributed by atoms with Crippen molar-refractivity contribution in [3.63, 3.8) is 0 Å². The largest absolute Gasteiger partial charge is 0.490 e. The molecule has 1 aliphatic heterocycles. The van der Waals surface area contributed by atoms with Gasteiger partial charge in [0.05, 0.1) is 30.7 Å². The lowest BCUT2D eigenvalue weighted by molar-refractivity contribution is 0.115. The number of hydrogen-bond acceptors (Lipinski definition) is 7. The Morgan fingerprint density at radius 3 is 2.91 bits per heavy atom. The third-order valence-corrected chi connectivity index (χ3v) is 3.83. The smallest absolute Gasteiger partial charge is 0.158 e. The van der Waals surface area contributed by atoms with Crippen LogP contribution in [0.4, 0.5) is 5.82 Å². The first-order valence-corrected chi connectivity index (χ1v) is 7.34. The van der Waals surface area contributed by atoms with Crippen LogP contribution in [-0.2, 0) is 4.74 Å². The van der Waals surface area contributed by atoms with Gasteiger partial charge in [-0.25, -0.2) is 9.97 Å². The molecule has 0 N–H and O–H groups in total. The van der Waals surface area contributed by atoms with Crippen LogP contribution in [0.25, 0.3) is 0 Å². The fourth-order valence-electron chi connectivity index (χ4n) is 2.64. The Hall–Kier alpha value is -2.72. The van der Waals surface area contributed by atoms with Crippen LogP contribution < -0.4 is 9.64 Å². The van der Waals surface area contributed by atoms with Crippen molar-refractivity contribution in [2.45, 2.75) is 18.6 Å². The van der Waals surface area contributed by atoms with E-state index in [0.717, 1.165) is 24.5 Å². The lowest BCUT2D eigenvalue weighted by Crippen LogP contribution is -2.35. The lowest BCUT2D eigenvalue weighted by Gasteiger charge is -2.25. The van der Waals surface area contributed by atoms with Gasteiger partial charge in [-0.2, -0.15) is 5.26 Å². The van der Waals surface area contributed by atoms with E-state index in [9.17, 15) is 0 Å². The third-order valence-electron chi connectivity index (χ3n) is 3.83. The summed E-state index contributed by atoms with van der Waals surface area (Å²) in [5.74, 6) is 1.46. The van der Waals surface area contributed by atoms with E-state index in [0.29, 0.717) is 12.3 Å². The molecule has 3 heterocycles. The van der Waals surface area contributed by atoms with Gasteiger partial charge in [0, 0.05) is 19.9 Å². The van der Waals surface area contributed by atoms with Gasteiger partial charge in [-0.05, 0) is 18.6 Å². The molecule has 0 aliphatic carbocycles. The maximum atomic E-state index is 8.82. The minimum atomic E-state index is 0.120. The van der Waals surface area contributed by atoms with E-state index >= 15 is 0 Å². The van der Waals surface area contributed by atoms with Gasteiger partial charge in [0.1, 0.15) is 24.2 Å². The van der Waals surface area contributed by atoms with Gasteiger partial charge in [-0.15, -0.1) is 0 Å². The molecule has 2 atom stereocenters. The predicted octanol–water partition coefficient (Wildman–Crippen LogP) is 1.42. The number of ether oxygens (including phenoxy) is 2. The number of anilines is 1. The summed E-state index contributed by atoms with van der Waals surface area (Å²) in [5, 5.41) is 8.82. The maximum Gasteiger partial charge on any atom is 0.158 e.